The first kappa shape index (κ1) is 22.1. The number of rotatable bonds is 10. The van der Waals surface area contributed by atoms with Gasteiger partial charge in [0.2, 0.25) is 5.89 Å². The second-order valence-corrected chi connectivity index (χ2v) is 7.07. The lowest BCUT2D eigenvalue weighted by Gasteiger charge is -2.12. The Labute approximate surface area is 181 Å². The van der Waals surface area contributed by atoms with E-state index in [2.05, 4.69) is 10.1 Å². The Hall–Kier alpha value is -3.61. The lowest BCUT2D eigenvalue weighted by Crippen LogP contribution is -2.24. The molecule has 0 amide bonds. The monoisotopic (exact) mass is 422 g/mol. The smallest absolute Gasteiger partial charge is 0.312 e. The van der Waals surface area contributed by atoms with Crippen LogP contribution in [0.1, 0.15) is 30.9 Å². The standard InChI is InChI=1S/C24H26N2O5/c1-4-30-26-16(2)21(24(27)28)14-18-10-12-20(13-11-18)29-15-22-17(3)31-23(25-22)19-8-6-5-7-9-19/h5-13,21H,4,14-15H2,1-3H3,(H,27,28)/b26-16-. The van der Waals surface area contributed by atoms with Gasteiger partial charge in [0.1, 0.15) is 36.3 Å². The van der Waals surface area contributed by atoms with E-state index in [1.54, 1.807) is 13.8 Å². The second kappa shape index (κ2) is 10.4. The van der Waals surface area contributed by atoms with Crippen LogP contribution in [-0.2, 0) is 22.7 Å². The largest absolute Gasteiger partial charge is 0.487 e. The van der Waals surface area contributed by atoms with Gasteiger partial charge in [-0.3, -0.25) is 4.79 Å². The number of oxazole rings is 1. The molecule has 1 unspecified atom stereocenters. The first-order valence-corrected chi connectivity index (χ1v) is 10.1. The summed E-state index contributed by atoms with van der Waals surface area (Å²) < 4.78 is 11.6. The average molecular weight is 422 g/mol. The molecule has 0 aliphatic heterocycles. The maximum atomic E-state index is 11.6. The number of oxime groups is 1. The van der Waals surface area contributed by atoms with Crippen LogP contribution in [0.3, 0.4) is 0 Å². The summed E-state index contributed by atoms with van der Waals surface area (Å²) >= 11 is 0. The molecule has 1 N–H and O–H groups in total. The molecule has 31 heavy (non-hydrogen) atoms. The summed E-state index contributed by atoms with van der Waals surface area (Å²) in [6.07, 6.45) is 0.320. The molecule has 0 saturated heterocycles. The van der Waals surface area contributed by atoms with Crippen LogP contribution in [0.2, 0.25) is 0 Å². The highest BCUT2D eigenvalue weighted by Crippen LogP contribution is 2.23. The SMILES string of the molecule is CCO/N=C(/C)C(Cc1ccc(OCc2nc(-c3ccccc3)oc2C)cc1)C(=O)O. The van der Waals surface area contributed by atoms with Crippen molar-refractivity contribution in [2.24, 2.45) is 11.1 Å². The van der Waals surface area contributed by atoms with Crippen LogP contribution in [0.25, 0.3) is 11.5 Å². The highest BCUT2D eigenvalue weighted by atomic mass is 16.6. The van der Waals surface area contributed by atoms with Crippen LogP contribution in [0, 0.1) is 12.8 Å². The Bertz CT molecular complexity index is 1030. The van der Waals surface area contributed by atoms with Gasteiger partial charge in [-0.25, -0.2) is 4.98 Å². The zero-order valence-corrected chi connectivity index (χ0v) is 17.9. The summed E-state index contributed by atoms with van der Waals surface area (Å²) in [6.45, 7) is 6.00. The van der Waals surface area contributed by atoms with E-state index in [-0.39, 0.29) is 6.61 Å². The minimum atomic E-state index is -0.933. The molecule has 0 aliphatic carbocycles. The molecule has 0 fully saturated rings. The van der Waals surface area contributed by atoms with E-state index in [1.807, 2.05) is 61.5 Å². The minimum Gasteiger partial charge on any atom is -0.487 e. The van der Waals surface area contributed by atoms with Gasteiger partial charge < -0.3 is 19.1 Å². The van der Waals surface area contributed by atoms with Crippen molar-refractivity contribution < 1.29 is 23.9 Å². The van der Waals surface area contributed by atoms with Crippen molar-refractivity contribution in [2.75, 3.05) is 6.61 Å². The quantitative estimate of drug-likeness (QED) is 0.369. The van der Waals surface area contributed by atoms with Crippen molar-refractivity contribution in [3.63, 3.8) is 0 Å². The fraction of sp³-hybridized carbons (Fsp3) is 0.292. The summed E-state index contributed by atoms with van der Waals surface area (Å²) in [5, 5.41) is 13.4. The molecule has 0 spiro atoms. The molecule has 0 bridgehead atoms. The van der Waals surface area contributed by atoms with Gasteiger partial charge in [0, 0.05) is 5.56 Å². The van der Waals surface area contributed by atoms with E-state index in [1.165, 1.54) is 0 Å². The van der Waals surface area contributed by atoms with Crippen molar-refractivity contribution in [2.45, 2.75) is 33.8 Å². The molecule has 7 heteroatoms. The van der Waals surface area contributed by atoms with Crippen LogP contribution in [0.4, 0.5) is 0 Å². The van der Waals surface area contributed by atoms with Crippen molar-refractivity contribution in [1.82, 2.24) is 4.98 Å². The van der Waals surface area contributed by atoms with Crippen LogP contribution >= 0.6 is 0 Å². The Balaban J connectivity index is 1.62. The third-order valence-corrected chi connectivity index (χ3v) is 4.79. The molecule has 162 valence electrons. The second-order valence-electron chi connectivity index (χ2n) is 7.07. The summed E-state index contributed by atoms with van der Waals surface area (Å²) in [6, 6.07) is 17.0. The first-order valence-electron chi connectivity index (χ1n) is 10.1. The van der Waals surface area contributed by atoms with Gasteiger partial charge in [-0.15, -0.1) is 0 Å². The van der Waals surface area contributed by atoms with Crippen molar-refractivity contribution >= 4 is 11.7 Å². The van der Waals surface area contributed by atoms with Crippen LogP contribution in [0.15, 0.2) is 64.2 Å². The Kier molecular flexibility index (Phi) is 7.43. The summed E-state index contributed by atoms with van der Waals surface area (Å²) in [5.41, 5.74) is 2.95. The summed E-state index contributed by atoms with van der Waals surface area (Å²) in [5.74, 6) is 0.267. The van der Waals surface area contributed by atoms with Gasteiger partial charge in [-0.05, 0) is 57.0 Å². The molecule has 1 atom stereocenters. The van der Waals surface area contributed by atoms with E-state index in [0.29, 0.717) is 36.1 Å². The molecule has 0 radical (unpaired) electrons. The molecule has 0 aliphatic rings. The van der Waals surface area contributed by atoms with Crippen LogP contribution in [0.5, 0.6) is 5.75 Å². The topological polar surface area (TPSA) is 94.2 Å². The average Bonchev–Trinajstić information content (AvgIpc) is 3.16. The summed E-state index contributed by atoms with van der Waals surface area (Å²) in [4.78, 5) is 21.1. The third-order valence-electron chi connectivity index (χ3n) is 4.79. The number of aryl methyl sites for hydroxylation is 1. The lowest BCUT2D eigenvalue weighted by atomic mass is 9.95. The normalized spacial score (nSPS) is 12.4. The fourth-order valence-electron chi connectivity index (χ4n) is 3.02. The van der Waals surface area contributed by atoms with Crippen molar-refractivity contribution in [3.05, 3.63) is 71.6 Å². The molecule has 3 rings (SSSR count). The van der Waals surface area contributed by atoms with Gasteiger partial charge in [-0.1, -0.05) is 35.5 Å². The lowest BCUT2D eigenvalue weighted by molar-refractivity contribution is -0.139. The van der Waals surface area contributed by atoms with Crippen LogP contribution in [-0.4, -0.2) is 28.4 Å². The Morgan fingerprint density at radius 3 is 2.52 bits per heavy atom. The maximum Gasteiger partial charge on any atom is 0.312 e. The van der Waals surface area contributed by atoms with Crippen molar-refractivity contribution in [3.8, 4) is 17.2 Å². The molecule has 3 aromatic rings. The predicted octanol–water partition coefficient (Wildman–Crippen LogP) is 4.88. The molecular formula is C24H26N2O5. The van der Waals surface area contributed by atoms with Gasteiger partial charge in [0.25, 0.3) is 0 Å². The fourth-order valence-corrected chi connectivity index (χ4v) is 3.02. The van der Waals surface area contributed by atoms with E-state index < -0.39 is 11.9 Å². The third kappa shape index (κ3) is 5.94. The van der Waals surface area contributed by atoms with Gasteiger partial charge in [-0.2, -0.15) is 0 Å². The number of carboxylic acid groups (broad SMARTS) is 1. The van der Waals surface area contributed by atoms with Gasteiger partial charge in [0.05, 0.1) is 5.71 Å². The highest BCUT2D eigenvalue weighted by Gasteiger charge is 2.22. The zero-order valence-electron chi connectivity index (χ0n) is 17.9. The number of benzene rings is 2. The van der Waals surface area contributed by atoms with E-state index in [4.69, 9.17) is 14.0 Å². The molecule has 2 aromatic carbocycles. The minimum absolute atomic E-state index is 0.277. The predicted molar refractivity (Wildman–Crippen MR) is 117 cm³/mol. The van der Waals surface area contributed by atoms with Crippen LogP contribution < -0.4 is 4.74 Å². The number of aromatic nitrogens is 1. The van der Waals surface area contributed by atoms with E-state index >= 15 is 0 Å². The molecular weight excluding hydrogens is 396 g/mol. The number of carboxylic acids is 1. The number of hydrogen-bond donors (Lipinski definition) is 1. The zero-order chi connectivity index (χ0) is 22.2. The highest BCUT2D eigenvalue weighted by molar-refractivity contribution is 6.00. The number of nitrogens with zero attached hydrogens (tertiary/aromatic N) is 2. The molecule has 7 nitrogen and oxygen atoms in total. The summed E-state index contributed by atoms with van der Waals surface area (Å²) in [7, 11) is 0. The molecule has 1 aromatic heterocycles. The van der Waals surface area contributed by atoms with Gasteiger partial charge in [0.15, 0.2) is 0 Å². The number of aliphatic carboxylic acids is 1. The maximum absolute atomic E-state index is 11.6. The Morgan fingerprint density at radius 1 is 1.16 bits per heavy atom. The molecule has 0 saturated carbocycles. The first-order chi connectivity index (χ1) is 15.0. The number of hydrogen-bond acceptors (Lipinski definition) is 6. The number of ether oxygens (including phenoxy) is 1. The number of carbonyl (C=O) groups is 1. The van der Waals surface area contributed by atoms with Crippen molar-refractivity contribution in [1.29, 1.82) is 0 Å². The van der Waals surface area contributed by atoms with E-state index in [9.17, 15) is 9.90 Å². The Morgan fingerprint density at radius 2 is 1.87 bits per heavy atom. The van der Waals surface area contributed by atoms with Gasteiger partial charge >= 0.3 is 5.97 Å². The van der Waals surface area contributed by atoms with E-state index in [0.717, 1.165) is 16.8 Å². The molecule has 1 heterocycles.